The number of anilines is 1. The second kappa shape index (κ2) is 6.40. The normalized spacial score (nSPS) is 9.56. The van der Waals surface area contributed by atoms with E-state index in [1.807, 2.05) is 6.07 Å². The van der Waals surface area contributed by atoms with Crippen LogP contribution in [-0.4, -0.2) is 29.9 Å². The van der Waals surface area contributed by atoms with Gasteiger partial charge in [-0.05, 0) is 19.1 Å². The first kappa shape index (κ1) is 13.7. The van der Waals surface area contributed by atoms with Gasteiger partial charge in [0.2, 0.25) is 0 Å². The predicted octanol–water partition coefficient (Wildman–Crippen LogP) is 1.69. The number of carbonyl (C=O) groups is 2. The van der Waals surface area contributed by atoms with Gasteiger partial charge in [-0.15, -0.1) is 0 Å². The van der Waals surface area contributed by atoms with Gasteiger partial charge in [0.05, 0.1) is 12.5 Å². The number of carbonyl (C=O) groups excluding carboxylic acids is 1. The van der Waals surface area contributed by atoms with Crippen molar-refractivity contribution >= 4 is 17.4 Å². The Morgan fingerprint density at radius 3 is 2.72 bits per heavy atom. The van der Waals surface area contributed by atoms with E-state index in [0.717, 1.165) is 0 Å². The summed E-state index contributed by atoms with van der Waals surface area (Å²) in [5, 5.41) is 17.4. The Bertz CT molecular complexity index is 491. The van der Waals surface area contributed by atoms with E-state index >= 15 is 0 Å². The first-order valence-electron chi connectivity index (χ1n) is 5.49. The maximum atomic E-state index is 11.3. The van der Waals surface area contributed by atoms with E-state index in [1.165, 1.54) is 6.92 Å². The molecule has 0 heterocycles. The lowest BCUT2D eigenvalue weighted by atomic mass is 10.1. The summed E-state index contributed by atoms with van der Waals surface area (Å²) in [6.45, 7) is 1.80. The fourth-order valence-electron chi connectivity index (χ4n) is 1.54. The van der Waals surface area contributed by atoms with Crippen molar-refractivity contribution in [2.75, 3.05) is 18.0 Å². The number of nitrogens with zero attached hydrogens (tertiary/aromatic N) is 2. The van der Waals surface area contributed by atoms with Crippen molar-refractivity contribution in [3.63, 3.8) is 0 Å². The molecule has 1 N–H and O–H groups in total. The van der Waals surface area contributed by atoms with Gasteiger partial charge in [-0.3, -0.25) is 9.59 Å². The van der Waals surface area contributed by atoms with E-state index < -0.39 is 5.97 Å². The van der Waals surface area contributed by atoms with Crippen LogP contribution < -0.4 is 4.90 Å². The number of hydrogen-bond donors (Lipinski definition) is 1. The highest BCUT2D eigenvalue weighted by Gasteiger charge is 2.09. The number of hydrogen-bond acceptors (Lipinski definition) is 4. The average Bonchev–Trinajstić information content (AvgIpc) is 2.34. The van der Waals surface area contributed by atoms with Crippen LogP contribution in [-0.2, 0) is 4.79 Å². The lowest BCUT2D eigenvalue weighted by molar-refractivity contribution is -0.136. The second-order valence-electron chi connectivity index (χ2n) is 3.83. The third-order valence-electron chi connectivity index (χ3n) is 2.47. The number of nitriles is 1. The SMILES string of the molecule is CC(=O)c1cccc(N(CC#N)CCC(=O)O)c1. The van der Waals surface area contributed by atoms with E-state index in [2.05, 4.69) is 0 Å². The summed E-state index contributed by atoms with van der Waals surface area (Å²) < 4.78 is 0. The largest absolute Gasteiger partial charge is 0.481 e. The predicted molar refractivity (Wildman–Crippen MR) is 66.5 cm³/mol. The van der Waals surface area contributed by atoms with E-state index in [4.69, 9.17) is 10.4 Å². The Labute approximate surface area is 105 Å². The summed E-state index contributed by atoms with van der Waals surface area (Å²) in [5.41, 5.74) is 1.23. The first-order chi connectivity index (χ1) is 8.54. The third kappa shape index (κ3) is 3.91. The van der Waals surface area contributed by atoms with Gasteiger partial charge in [0, 0.05) is 17.8 Å². The highest BCUT2D eigenvalue weighted by Crippen LogP contribution is 2.16. The van der Waals surface area contributed by atoms with Gasteiger partial charge in [0.15, 0.2) is 5.78 Å². The molecule has 0 saturated carbocycles. The minimum Gasteiger partial charge on any atom is -0.481 e. The van der Waals surface area contributed by atoms with Crippen molar-refractivity contribution < 1.29 is 14.7 Å². The van der Waals surface area contributed by atoms with E-state index in [9.17, 15) is 9.59 Å². The molecule has 1 rings (SSSR count). The van der Waals surface area contributed by atoms with Crippen LogP contribution in [0.4, 0.5) is 5.69 Å². The monoisotopic (exact) mass is 246 g/mol. The molecule has 94 valence electrons. The molecule has 0 unspecified atom stereocenters. The van der Waals surface area contributed by atoms with Crippen molar-refractivity contribution in [3.8, 4) is 6.07 Å². The van der Waals surface area contributed by atoms with Gasteiger partial charge >= 0.3 is 5.97 Å². The second-order valence-corrected chi connectivity index (χ2v) is 3.83. The fourth-order valence-corrected chi connectivity index (χ4v) is 1.54. The van der Waals surface area contributed by atoms with Crippen molar-refractivity contribution in [2.45, 2.75) is 13.3 Å². The van der Waals surface area contributed by atoms with Crippen LogP contribution in [0.5, 0.6) is 0 Å². The van der Waals surface area contributed by atoms with Gasteiger partial charge in [-0.2, -0.15) is 5.26 Å². The molecule has 0 spiro atoms. The van der Waals surface area contributed by atoms with Gasteiger partial charge in [-0.25, -0.2) is 0 Å². The number of benzene rings is 1. The van der Waals surface area contributed by atoms with Crippen molar-refractivity contribution in [2.24, 2.45) is 0 Å². The van der Waals surface area contributed by atoms with E-state index in [1.54, 1.807) is 29.2 Å². The Kier molecular flexibility index (Phi) is 4.88. The fraction of sp³-hybridized carbons (Fsp3) is 0.308. The molecule has 0 aliphatic heterocycles. The first-order valence-corrected chi connectivity index (χ1v) is 5.49. The zero-order valence-electron chi connectivity index (χ0n) is 10.1. The molecule has 18 heavy (non-hydrogen) atoms. The lowest BCUT2D eigenvalue weighted by Crippen LogP contribution is -2.26. The van der Waals surface area contributed by atoms with Crippen LogP contribution in [0.15, 0.2) is 24.3 Å². The zero-order chi connectivity index (χ0) is 13.5. The highest BCUT2D eigenvalue weighted by molar-refractivity contribution is 5.95. The molecule has 0 saturated heterocycles. The number of carboxylic acids is 1. The molecule has 0 amide bonds. The minimum atomic E-state index is -0.916. The summed E-state index contributed by atoms with van der Waals surface area (Å²) >= 11 is 0. The van der Waals surface area contributed by atoms with Crippen LogP contribution in [0.1, 0.15) is 23.7 Å². The molecule has 1 aromatic rings. The Balaban J connectivity index is 2.91. The Hall–Kier alpha value is -2.35. The highest BCUT2D eigenvalue weighted by atomic mass is 16.4. The van der Waals surface area contributed by atoms with Gasteiger partial charge in [0.1, 0.15) is 6.54 Å². The lowest BCUT2D eigenvalue weighted by Gasteiger charge is -2.21. The van der Waals surface area contributed by atoms with Crippen LogP contribution in [0.25, 0.3) is 0 Å². The van der Waals surface area contributed by atoms with E-state index in [0.29, 0.717) is 11.3 Å². The zero-order valence-corrected chi connectivity index (χ0v) is 10.1. The minimum absolute atomic E-state index is 0.0496. The van der Waals surface area contributed by atoms with Crippen molar-refractivity contribution in [3.05, 3.63) is 29.8 Å². The molecule has 0 aliphatic rings. The number of aliphatic carboxylic acids is 1. The molecule has 0 aromatic heterocycles. The molecule has 5 heteroatoms. The molecule has 1 aromatic carbocycles. The maximum absolute atomic E-state index is 11.3. The molecule has 0 fully saturated rings. The molecule has 0 aliphatic carbocycles. The van der Waals surface area contributed by atoms with Crippen LogP contribution in [0.2, 0.25) is 0 Å². The Morgan fingerprint density at radius 2 is 2.17 bits per heavy atom. The molecule has 0 bridgehead atoms. The van der Waals surface area contributed by atoms with Crippen molar-refractivity contribution in [1.82, 2.24) is 0 Å². The topological polar surface area (TPSA) is 81.4 Å². The molecule has 5 nitrogen and oxygen atoms in total. The summed E-state index contributed by atoms with van der Waals surface area (Å²) in [6, 6.07) is 8.82. The van der Waals surface area contributed by atoms with Crippen LogP contribution in [0, 0.1) is 11.3 Å². The third-order valence-corrected chi connectivity index (χ3v) is 2.47. The maximum Gasteiger partial charge on any atom is 0.305 e. The van der Waals surface area contributed by atoms with Crippen LogP contribution >= 0.6 is 0 Å². The average molecular weight is 246 g/mol. The summed E-state index contributed by atoms with van der Waals surface area (Å²) in [4.78, 5) is 23.5. The number of rotatable bonds is 6. The summed E-state index contributed by atoms with van der Waals surface area (Å²) in [6.07, 6.45) is -0.0496. The molecule has 0 atom stereocenters. The smallest absolute Gasteiger partial charge is 0.305 e. The van der Waals surface area contributed by atoms with Crippen LogP contribution in [0.3, 0.4) is 0 Å². The molecule has 0 radical (unpaired) electrons. The number of carboxylic acid groups (broad SMARTS) is 1. The van der Waals surface area contributed by atoms with Gasteiger partial charge < -0.3 is 10.0 Å². The Morgan fingerprint density at radius 1 is 1.44 bits per heavy atom. The van der Waals surface area contributed by atoms with Gasteiger partial charge in [0.25, 0.3) is 0 Å². The summed E-state index contributed by atoms with van der Waals surface area (Å²) in [5.74, 6) is -0.979. The van der Waals surface area contributed by atoms with Crippen molar-refractivity contribution in [1.29, 1.82) is 5.26 Å². The quantitative estimate of drug-likeness (QED) is 0.610. The standard InChI is InChI=1S/C13H14N2O3/c1-10(16)11-3-2-4-12(9-11)15(8-6-14)7-5-13(17)18/h2-4,9H,5,7-8H2,1H3,(H,17,18). The molecular weight excluding hydrogens is 232 g/mol. The summed E-state index contributed by atoms with van der Waals surface area (Å²) in [7, 11) is 0. The van der Waals surface area contributed by atoms with Gasteiger partial charge in [-0.1, -0.05) is 12.1 Å². The number of ketones is 1. The van der Waals surface area contributed by atoms with E-state index in [-0.39, 0.29) is 25.3 Å². The number of Topliss-reactive ketones (excluding diaryl/α,β-unsaturated/α-hetero) is 1. The molecular formula is C13H14N2O3.